The van der Waals surface area contributed by atoms with E-state index in [4.69, 9.17) is 10.3 Å². The molecule has 2 fully saturated rings. The molecule has 2 rings (SSSR count). The highest BCUT2D eigenvalue weighted by Gasteiger charge is 2.49. The van der Waals surface area contributed by atoms with Crippen LogP contribution in [-0.4, -0.2) is 53.3 Å². The van der Waals surface area contributed by atoms with Crippen molar-refractivity contribution in [2.24, 2.45) is 5.92 Å². The van der Waals surface area contributed by atoms with Gasteiger partial charge in [0.25, 0.3) is 0 Å². The lowest BCUT2D eigenvalue weighted by Gasteiger charge is -2.49. The first kappa shape index (κ1) is 15.7. The minimum atomic E-state index is -0.938. The zero-order valence-corrected chi connectivity index (χ0v) is 12.5. The van der Waals surface area contributed by atoms with Crippen LogP contribution in [0.1, 0.15) is 39.0 Å². The van der Waals surface area contributed by atoms with Gasteiger partial charge in [-0.25, -0.2) is 4.79 Å². The van der Waals surface area contributed by atoms with E-state index in [1.54, 1.807) is 4.90 Å². The summed E-state index contributed by atoms with van der Waals surface area (Å²) in [6, 6.07) is 0. The van der Waals surface area contributed by atoms with Crippen LogP contribution in [0.4, 0.5) is 0 Å². The second-order valence-corrected chi connectivity index (χ2v) is 5.78. The maximum Gasteiger partial charge on any atom is 0.463 e. The summed E-state index contributed by atoms with van der Waals surface area (Å²) in [7, 11) is 1.15. The van der Waals surface area contributed by atoms with Crippen molar-refractivity contribution in [1.82, 2.24) is 4.90 Å². The predicted molar refractivity (Wildman–Crippen MR) is 73.3 cm³/mol. The Balaban J connectivity index is 2.29. The number of amides is 1. The number of hydrogen-bond acceptors (Lipinski definition) is 4. The van der Waals surface area contributed by atoms with E-state index in [0.29, 0.717) is 13.2 Å². The average molecular weight is 295 g/mol. The molecule has 1 amide bonds. The zero-order chi connectivity index (χ0) is 15.5. The minimum Gasteiger partial charge on any atom is -0.460 e. The van der Waals surface area contributed by atoms with Crippen LogP contribution in [-0.2, 0) is 19.1 Å². The fourth-order valence-electron chi connectivity index (χ4n) is 3.09. The van der Waals surface area contributed by atoms with Crippen molar-refractivity contribution < 1.29 is 23.9 Å². The molecule has 2 aliphatic rings. The number of hydrogen-bond donors (Lipinski definition) is 0. The van der Waals surface area contributed by atoms with Crippen molar-refractivity contribution >= 4 is 17.6 Å². The summed E-state index contributed by atoms with van der Waals surface area (Å²) in [5.41, 5.74) is 7.71. The number of carbonyl (C=O) groups excluding carboxylic acids is 2. The topological polar surface area (TPSA) is 92.2 Å². The smallest absolute Gasteiger partial charge is 0.460 e. The van der Waals surface area contributed by atoms with Crippen LogP contribution in [0.25, 0.3) is 5.53 Å². The molecule has 0 N–H and O–H groups in total. The number of esters is 1. The predicted octanol–water partition coefficient (Wildman–Crippen LogP) is 0.985. The van der Waals surface area contributed by atoms with E-state index in [2.05, 4.69) is 9.53 Å². The first-order valence-electron chi connectivity index (χ1n) is 7.30. The SMILES string of the molecule is COC(=O)C(=[N+]=[N-])C(=O)N1C[C@@H](C)COC12CCCCC2. The molecule has 0 unspecified atom stereocenters. The van der Waals surface area contributed by atoms with Gasteiger partial charge in [-0.2, -0.15) is 4.79 Å². The van der Waals surface area contributed by atoms with Crippen molar-refractivity contribution in [2.45, 2.75) is 44.8 Å². The standard InChI is InChI=1S/C14H21N3O4/c1-10-8-17(12(18)11(16-15)13(19)20-2)14(21-9-10)6-4-3-5-7-14/h10H,3-9H2,1-2H3/t10-/m1/s1. The summed E-state index contributed by atoms with van der Waals surface area (Å²) in [5.74, 6) is -1.40. The summed E-state index contributed by atoms with van der Waals surface area (Å²) in [6.07, 6.45) is 4.54. The average Bonchev–Trinajstić information content (AvgIpc) is 2.51. The number of nitrogens with zero attached hydrogens (tertiary/aromatic N) is 3. The number of rotatable bonds is 2. The Kier molecular flexibility index (Phi) is 4.75. The summed E-state index contributed by atoms with van der Waals surface area (Å²) < 4.78 is 10.5. The maximum atomic E-state index is 12.6. The van der Waals surface area contributed by atoms with Gasteiger partial charge in [0.1, 0.15) is 5.72 Å². The monoisotopic (exact) mass is 295 g/mol. The molecule has 1 saturated heterocycles. The van der Waals surface area contributed by atoms with Gasteiger partial charge < -0.3 is 19.9 Å². The largest absolute Gasteiger partial charge is 0.463 e. The zero-order valence-electron chi connectivity index (χ0n) is 12.5. The highest BCUT2D eigenvalue weighted by Crippen LogP contribution is 2.38. The first-order valence-corrected chi connectivity index (χ1v) is 7.30. The lowest BCUT2D eigenvalue weighted by atomic mass is 9.87. The van der Waals surface area contributed by atoms with E-state index in [-0.39, 0.29) is 5.92 Å². The molecule has 1 spiro atoms. The molecule has 1 heterocycles. The lowest BCUT2D eigenvalue weighted by Crippen LogP contribution is -2.62. The fourth-order valence-corrected chi connectivity index (χ4v) is 3.09. The van der Waals surface area contributed by atoms with Crippen LogP contribution in [0.3, 0.4) is 0 Å². The Hall–Kier alpha value is -1.72. The third-order valence-corrected chi connectivity index (χ3v) is 4.18. The molecule has 0 aromatic heterocycles. The fraction of sp³-hybridized carbons (Fsp3) is 0.786. The summed E-state index contributed by atoms with van der Waals surface area (Å²) in [5, 5.41) is 0. The van der Waals surface area contributed by atoms with Crippen molar-refractivity contribution in [2.75, 3.05) is 20.3 Å². The Labute approximate surface area is 123 Å². The normalized spacial score (nSPS) is 24.3. The second kappa shape index (κ2) is 6.37. The van der Waals surface area contributed by atoms with Gasteiger partial charge in [-0.05, 0) is 31.6 Å². The third-order valence-electron chi connectivity index (χ3n) is 4.18. The third kappa shape index (κ3) is 2.99. The van der Waals surface area contributed by atoms with Gasteiger partial charge >= 0.3 is 17.6 Å². The Morgan fingerprint density at radius 2 is 2.00 bits per heavy atom. The van der Waals surface area contributed by atoms with Crippen molar-refractivity contribution in [3.63, 3.8) is 0 Å². The molecule has 1 aliphatic carbocycles. The molecular weight excluding hydrogens is 274 g/mol. The highest BCUT2D eigenvalue weighted by atomic mass is 16.5. The van der Waals surface area contributed by atoms with Gasteiger partial charge in [0.15, 0.2) is 0 Å². The molecule has 0 bridgehead atoms. The molecule has 1 saturated carbocycles. The Morgan fingerprint density at radius 1 is 1.33 bits per heavy atom. The molecule has 0 aromatic carbocycles. The minimum absolute atomic E-state index is 0.166. The van der Waals surface area contributed by atoms with Crippen molar-refractivity contribution in [3.8, 4) is 0 Å². The van der Waals surface area contributed by atoms with E-state index < -0.39 is 23.3 Å². The summed E-state index contributed by atoms with van der Waals surface area (Å²) >= 11 is 0. The van der Waals surface area contributed by atoms with Gasteiger partial charge in [-0.1, -0.05) is 13.3 Å². The molecular formula is C14H21N3O4. The summed E-state index contributed by atoms with van der Waals surface area (Å²) in [6.45, 7) is 3.05. The molecule has 0 radical (unpaired) electrons. The van der Waals surface area contributed by atoms with E-state index in [1.165, 1.54) is 0 Å². The number of carbonyl (C=O) groups is 2. The molecule has 1 atom stereocenters. The molecule has 7 nitrogen and oxygen atoms in total. The molecule has 1 aliphatic heterocycles. The van der Waals surface area contributed by atoms with Crippen molar-refractivity contribution in [1.29, 1.82) is 0 Å². The van der Waals surface area contributed by atoms with E-state index in [0.717, 1.165) is 39.2 Å². The van der Waals surface area contributed by atoms with Gasteiger partial charge in [-0.3, -0.25) is 4.79 Å². The van der Waals surface area contributed by atoms with E-state index in [1.807, 2.05) is 6.92 Å². The van der Waals surface area contributed by atoms with Crippen LogP contribution >= 0.6 is 0 Å². The van der Waals surface area contributed by atoms with Gasteiger partial charge in [-0.15, -0.1) is 0 Å². The van der Waals surface area contributed by atoms with Gasteiger partial charge in [0.05, 0.1) is 13.7 Å². The number of methoxy groups -OCH3 is 1. The molecule has 116 valence electrons. The first-order chi connectivity index (χ1) is 10.0. The van der Waals surface area contributed by atoms with Crippen LogP contribution < -0.4 is 0 Å². The van der Waals surface area contributed by atoms with Gasteiger partial charge in [0.2, 0.25) is 0 Å². The molecule has 0 aromatic rings. The van der Waals surface area contributed by atoms with E-state index >= 15 is 0 Å². The Morgan fingerprint density at radius 3 is 2.57 bits per heavy atom. The maximum absolute atomic E-state index is 12.6. The Bertz CT molecular complexity index is 479. The second-order valence-electron chi connectivity index (χ2n) is 5.78. The number of ether oxygens (including phenoxy) is 2. The van der Waals surface area contributed by atoms with Gasteiger partial charge in [0, 0.05) is 6.54 Å². The highest BCUT2D eigenvalue weighted by molar-refractivity contribution is 6.61. The molecule has 7 heteroatoms. The summed E-state index contributed by atoms with van der Waals surface area (Å²) in [4.78, 5) is 28.6. The van der Waals surface area contributed by atoms with Crippen LogP contribution in [0.5, 0.6) is 0 Å². The lowest BCUT2D eigenvalue weighted by molar-refractivity contribution is -0.215. The van der Waals surface area contributed by atoms with E-state index in [9.17, 15) is 9.59 Å². The molecule has 21 heavy (non-hydrogen) atoms. The van der Waals surface area contributed by atoms with Crippen LogP contribution in [0, 0.1) is 5.92 Å². The van der Waals surface area contributed by atoms with Crippen LogP contribution in [0.15, 0.2) is 0 Å². The quantitative estimate of drug-likeness (QED) is 0.250. The van der Waals surface area contributed by atoms with Crippen molar-refractivity contribution in [3.05, 3.63) is 5.53 Å². The van der Waals surface area contributed by atoms with Crippen LogP contribution in [0.2, 0.25) is 0 Å².